The lowest BCUT2D eigenvalue weighted by Crippen LogP contribution is -2.32. The molecule has 102 valence electrons. The lowest BCUT2D eigenvalue weighted by Gasteiger charge is -2.16. The molecule has 5 heteroatoms. The van der Waals surface area contributed by atoms with E-state index in [1.54, 1.807) is 6.20 Å². The molecule has 1 aromatic carbocycles. The van der Waals surface area contributed by atoms with Crippen LogP contribution in [0.15, 0.2) is 24.4 Å². The van der Waals surface area contributed by atoms with Gasteiger partial charge in [-0.3, -0.25) is 0 Å². The van der Waals surface area contributed by atoms with Crippen molar-refractivity contribution in [3.8, 4) is 11.3 Å². The Morgan fingerprint density at radius 3 is 2.68 bits per heavy atom. The standard InChI is InChI=1S/C14H17F2N3/c1-14(2,17)6-5-13-18-8-12(19-13)10-4-3-9(15)7-11(10)16/h3-4,7-8H,5-6,17H2,1-2H3,(H,18,19). The minimum atomic E-state index is -0.602. The maximum Gasteiger partial charge on any atom is 0.135 e. The molecule has 0 spiro atoms. The summed E-state index contributed by atoms with van der Waals surface area (Å²) in [5, 5.41) is 0. The Kier molecular flexibility index (Phi) is 3.66. The number of H-pyrrole nitrogens is 1. The fourth-order valence-corrected chi connectivity index (χ4v) is 1.77. The normalized spacial score (nSPS) is 11.8. The maximum absolute atomic E-state index is 13.6. The van der Waals surface area contributed by atoms with Crippen molar-refractivity contribution in [2.75, 3.05) is 0 Å². The van der Waals surface area contributed by atoms with Crippen molar-refractivity contribution in [1.82, 2.24) is 9.97 Å². The Bertz CT molecular complexity index is 570. The van der Waals surface area contributed by atoms with Gasteiger partial charge in [0, 0.05) is 23.6 Å². The lowest BCUT2D eigenvalue weighted by atomic mass is 10.0. The number of nitrogens with zero attached hydrogens (tertiary/aromatic N) is 1. The van der Waals surface area contributed by atoms with Crippen molar-refractivity contribution in [1.29, 1.82) is 0 Å². The first-order chi connectivity index (χ1) is 8.85. The molecule has 0 unspecified atom stereocenters. The highest BCUT2D eigenvalue weighted by atomic mass is 19.1. The van der Waals surface area contributed by atoms with E-state index in [0.717, 1.165) is 18.3 Å². The first-order valence-corrected chi connectivity index (χ1v) is 6.13. The summed E-state index contributed by atoms with van der Waals surface area (Å²) in [5.41, 5.74) is 6.48. The number of benzene rings is 1. The molecule has 1 heterocycles. The van der Waals surface area contributed by atoms with Gasteiger partial charge in [-0.25, -0.2) is 13.8 Å². The average molecular weight is 265 g/mol. The quantitative estimate of drug-likeness (QED) is 0.892. The number of hydrogen-bond acceptors (Lipinski definition) is 2. The van der Waals surface area contributed by atoms with Crippen LogP contribution < -0.4 is 5.73 Å². The summed E-state index contributed by atoms with van der Waals surface area (Å²) >= 11 is 0. The van der Waals surface area contributed by atoms with E-state index >= 15 is 0 Å². The molecule has 19 heavy (non-hydrogen) atoms. The number of rotatable bonds is 4. The van der Waals surface area contributed by atoms with Gasteiger partial charge < -0.3 is 10.7 Å². The zero-order chi connectivity index (χ0) is 14.0. The van der Waals surface area contributed by atoms with Gasteiger partial charge in [-0.1, -0.05) is 0 Å². The van der Waals surface area contributed by atoms with Crippen LogP contribution in [-0.2, 0) is 6.42 Å². The third-order valence-electron chi connectivity index (χ3n) is 2.86. The summed E-state index contributed by atoms with van der Waals surface area (Å²) in [6, 6.07) is 3.48. The number of imidazole rings is 1. The molecule has 3 nitrogen and oxygen atoms in total. The zero-order valence-electron chi connectivity index (χ0n) is 11.0. The molecule has 1 aromatic heterocycles. The van der Waals surface area contributed by atoms with Crippen LogP contribution in [0.3, 0.4) is 0 Å². The molecule has 0 radical (unpaired) electrons. The van der Waals surface area contributed by atoms with E-state index in [2.05, 4.69) is 9.97 Å². The number of nitrogens with two attached hydrogens (primary N) is 1. The molecular formula is C14H17F2N3. The Morgan fingerprint density at radius 2 is 2.05 bits per heavy atom. The summed E-state index contributed by atoms with van der Waals surface area (Å²) in [7, 11) is 0. The largest absolute Gasteiger partial charge is 0.342 e. The molecule has 0 atom stereocenters. The molecule has 0 aliphatic heterocycles. The van der Waals surface area contributed by atoms with E-state index in [0.29, 0.717) is 17.7 Å². The van der Waals surface area contributed by atoms with Crippen LogP contribution in [0.5, 0.6) is 0 Å². The Labute approximate surface area is 110 Å². The number of halogens is 2. The molecular weight excluding hydrogens is 248 g/mol. The molecule has 0 saturated carbocycles. The SMILES string of the molecule is CC(C)(N)CCc1ncc(-c2ccc(F)cc2F)[nH]1. The third kappa shape index (κ3) is 3.61. The first kappa shape index (κ1) is 13.7. The molecule has 0 aliphatic carbocycles. The Balaban J connectivity index is 2.16. The van der Waals surface area contributed by atoms with Gasteiger partial charge in [-0.05, 0) is 32.4 Å². The van der Waals surface area contributed by atoms with Gasteiger partial charge in [-0.15, -0.1) is 0 Å². The van der Waals surface area contributed by atoms with Crippen molar-refractivity contribution in [2.24, 2.45) is 5.73 Å². The highest BCUT2D eigenvalue weighted by molar-refractivity contribution is 5.59. The number of aryl methyl sites for hydroxylation is 1. The number of aromatic nitrogens is 2. The third-order valence-corrected chi connectivity index (χ3v) is 2.86. The second-order valence-corrected chi connectivity index (χ2v) is 5.36. The predicted octanol–water partition coefficient (Wildman–Crippen LogP) is 3.02. The molecule has 0 fully saturated rings. The van der Waals surface area contributed by atoms with Crippen molar-refractivity contribution >= 4 is 0 Å². The summed E-state index contributed by atoms with van der Waals surface area (Å²) in [6.07, 6.45) is 3.01. The number of nitrogens with one attached hydrogen (secondary N) is 1. The van der Waals surface area contributed by atoms with Gasteiger partial charge in [0.15, 0.2) is 0 Å². The molecule has 2 aromatic rings. The fourth-order valence-electron chi connectivity index (χ4n) is 1.77. The first-order valence-electron chi connectivity index (χ1n) is 6.13. The second kappa shape index (κ2) is 5.09. The van der Waals surface area contributed by atoms with Gasteiger partial charge >= 0.3 is 0 Å². The van der Waals surface area contributed by atoms with Gasteiger partial charge in [0.25, 0.3) is 0 Å². The van der Waals surface area contributed by atoms with E-state index in [4.69, 9.17) is 5.73 Å². The van der Waals surface area contributed by atoms with Crippen LogP contribution in [-0.4, -0.2) is 15.5 Å². The summed E-state index contributed by atoms with van der Waals surface area (Å²) in [6.45, 7) is 3.88. The van der Waals surface area contributed by atoms with Crippen LogP contribution in [0.1, 0.15) is 26.1 Å². The van der Waals surface area contributed by atoms with Crippen LogP contribution in [0, 0.1) is 11.6 Å². The highest BCUT2D eigenvalue weighted by Crippen LogP contribution is 2.22. The summed E-state index contributed by atoms with van der Waals surface area (Å²) in [5.74, 6) is -0.447. The summed E-state index contributed by atoms with van der Waals surface area (Å²) < 4.78 is 26.5. The smallest absolute Gasteiger partial charge is 0.135 e. The monoisotopic (exact) mass is 265 g/mol. The minimum Gasteiger partial charge on any atom is -0.342 e. The van der Waals surface area contributed by atoms with Gasteiger partial charge in [-0.2, -0.15) is 0 Å². The van der Waals surface area contributed by atoms with Crippen molar-refractivity contribution in [2.45, 2.75) is 32.2 Å². The lowest BCUT2D eigenvalue weighted by molar-refractivity contribution is 0.472. The van der Waals surface area contributed by atoms with Crippen molar-refractivity contribution < 1.29 is 8.78 Å². The van der Waals surface area contributed by atoms with Crippen molar-refractivity contribution in [3.63, 3.8) is 0 Å². The fraction of sp³-hybridized carbons (Fsp3) is 0.357. The van der Waals surface area contributed by atoms with Crippen LogP contribution in [0.4, 0.5) is 8.78 Å². The molecule has 2 rings (SSSR count). The topological polar surface area (TPSA) is 54.7 Å². The van der Waals surface area contributed by atoms with Crippen LogP contribution in [0.25, 0.3) is 11.3 Å². The van der Waals surface area contributed by atoms with Crippen molar-refractivity contribution in [3.05, 3.63) is 41.9 Å². The van der Waals surface area contributed by atoms with Gasteiger partial charge in [0.05, 0.1) is 11.9 Å². The average Bonchev–Trinajstić information content (AvgIpc) is 2.74. The second-order valence-electron chi connectivity index (χ2n) is 5.36. The highest BCUT2D eigenvalue weighted by Gasteiger charge is 2.13. The van der Waals surface area contributed by atoms with E-state index in [1.165, 1.54) is 12.1 Å². The minimum absolute atomic E-state index is 0.270. The summed E-state index contributed by atoms with van der Waals surface area (Å²) in [4.78, 5) is 7.22. The molecule has 0 saturated heterocycles. The van der Waals surface area contributed by atoms with E-state index in [9.17, 15) is 8.78 Å². The Hall–Kier alpha value is -1.75. The predicted molar refractivity (Wildman–Crippen MR) is 70.5 cm³/mol. The van der Waals surface area contributed by atoms with E-state index < -0.39 is 11.6 Å². The molecule has 3 N–H and O–H groups in total. The zero-order valence-corrected chi connectivity index (χ0v) is 11.0. The van der Waals surface area contributed by atoms with Gasteiger partial charge in [0.2, 0.25) is 0 Å². The number of hydrogen-bond donors (Lipinski definition) is 2. The number of aromatic amines is 1. The molecule has 0 aliphatic rings. The van der Waals surface area contributed by atoms with Crippen LogP contribution >= 0.6 is 0 Å². The Morgan fingerprint density at radius 1 is 1.32 bits per heavy atom. The van der Waals surface area contributed by atoms with Crippen LogP contribution in [0.2, 0.25) is 0 Å². The maximum atomic E-state index is 13.6. The van der Waals surface area contributed by atoms with Gasteiger partial charge in [0.1, 0.15) is 17.5 Å². The molecule has 0 amide bonds. The van der Waals surface area contributed by atoms with E-state index in [1.807, 2.05) is 13.8 Å². The molecule has 0 bridgehead atoms. The van der Waals surface area contributed by atoms with E-state index in [-0.39, 0.29) is 5.54 Å².